The van der Waals surface area contributed by atoms with E-state index in [4.69, 9.17) is 0 Å². The number of hydrogen-bond acceptors (Lipinski definition) is 1. The summed E-state index contributed by atoms with van der Waals surface area (Å²) in [6, 6.07) is 0. The maximum atomic E-state index is 11.7. The fraction of sp³-hybridized carbons (Fsp3) is 0.750. The first-order chi connectivity index (χ1) is 6.02. The lowest BCUT2D eigenvalue weighted by Crippen LogP contribution is -2.26. The Morgan fingerprint density at radius 1 is 1.38 bits per heavy atom. The summed E-state index contributed by atoms with van der Waals surface area (Å²) in [6.45, 7) is 6.74. The van der Waals surface area contributed by atoms with Crippen molar-refractivity contribution in [3.05, 3.63) is 11.1 Å². The van der Waals surface area contributed by atoms with Crippen molar-refractivity contribution in [2.75, 3.05) is 0 Å². The molecule has 0 heterocycles. The van der Waals surface area contributed by atoms with Crippen LogP contribution >= 0.6 is 0 Å². The molecule has 2 aliphatic rings. The third kappa shape index (κ3) is 1.25. The average Bonchev–Trinajstić information content (AvgIpc) is 2.24. The number of allylic oxidation sites excluding steroid dienone is 2. The van der Waals surface area contributed by atoms with Crippen LogP contribution in [-0.4, -0.2) is 5.78 Å². The number of hydrogen-bond donors (Lipinski definition) is 0. The van der Waals surface area contributed by atoms with Gasteiger partial charge in [0.15, 0.2) is 5.78 Å². The van der Waals surface area contributed by atoms with E-state index in [0.717, 1.165) is 19.3 Å². The van der Waals surface area contributed by atoms with Crippen LogP contribution in [0.4, 0.5) is 0 Å². The predicted octanol–water partition coefficient (Wildman–Crippen LogP) is 3.10. The van der Waals surface area contributed by atoms with E-state index in [0.29, 0.717) is 17.1 Å². The summed E-state index contributed by atoms with van der Waals surface area (Å²) < 4.78 is 0. The second kappa shape index (κ2) is 2.70. The molecule has 2 rings (SSSR count). The molecule has 1 nitrogen and oxygen atoms in total. The first kappa shape index (κ1) is 8.98. The molecule has 1 unspecified atom stereocenters. The lowest BCUT2D eigenvalue weighted by molar-refractivity contribution is -0.117. The van der Waals surface area contributed by atoms with Crippen LogP contribution < -0.4 is 0 Å². The van der Waals surface area contributed by atoms with E-state index in [1.54, 1.807) is 0 Å². The smallest absolute Gasteiger partial charge is 0.159 e. The van der Waals surface area contributed by atoms with Gasteiger partial charge in [-0.3, -0.25) is 4.79 Å². The van der Waals surface area contributed by atoms with Crippen LogP contribution in [0.15, 0.2) is 11.1 Å². The number of rotatable bonds is 0. The maximum Gasteiger partial charge on any atom is 0.159 e. The Balaban J connectivity index is 2.38. The van der Waals surface area contributed by atoms with E-state index in [2.05, 4.69) is 20.8 Å². The number of ketones is 1. The second-order valence-electron chi connectivity index (χ2n) is 5.23. The minimum atomic E-state index is 0.343. The van der Waals surface area contributed by atoms with Crippen molar-refractivity contribution in [1.82, 2.24) is 0 Å². The van der Waals surface area contributed by atoms with Gasteiger partial charge < -0.3 is 0 Å². The molecule has 0 aliphatic heterocycles. The SMILES string of the molecule is CC1=C2C(=O)CCCC2C(C)(C)C1. The van der Waals surface area contributed by atoms with Crippen molar-refractivity contribution in [3.63, 3.8) is 0 Å². The number of fused-ring (bicyclic) bond motifs is 1. The fourth-order valence-corrected chi connectivity index (χ4v) is 3.16. The Morgan fingerprint density at radius 2 is 2.08 bits per heavy atom. The van der Waals surface area contributed by atoms with Crippen molar-refractivity contribution in [2.45, 2.75) is 46.5 Å². The van der Waals surface area contributed by atoms with E-state index in [9.17, 15) is 4.79 Å². The van der Waals surface area contributed by atoms with E-state index in [1.165, 1.54) is 17.6 Å². The van der Waals surface area contributed by atoms with Gasteiger partial charge in [0.1, 0.15) is 0 Å². The molecule has 1 atom stereocenters. The highest BCUT2D eigenvalue weighted by Gasteiger charge is 2.43. The van der Waals surface area contributed by atoms with Crippen molar-refractivity contribution < 1.29 is 4.79 Å². The highest BCUT2D eigenvalue weighted by Crippen LogP contribution is 2.51. The minimum Gasteiger partial charge on any atom is -0.295 e. The third-order valence-corrected chi connectivity index (χ3v) is 3.67. The van der Waals surface area contributed by atoms with Gasteiger partial charge in [0, 0.05) is 6.42 Å². The quantitative estimate of drug-likeness (QED) is 0.557. The van der Waals surface area contributed by atoms with E-state index >= 15 is 0 Å². The Hall–Kier alpha value is -0.590. The van der Waals surface area contributed by atoms with Gasteiger partial charge in [-0.05, 0) is 43.1 Å². The zero-order chi connectivity index (χ0) is 9.64. The molecule has 0 radical (unpaired) electrons. The standard InChI is InChI=1S/C12H18O/c1-8-7-12(2,3)9-5-4-6-10(13)11(8)9/h9H,4-7H2,1-3H3. The van der Waals surface area contributed by atoms with Gasteiger partial charge in [-0.15, -0.1) is 0 Å². The van der Waals surface area contributed by atoms with E-state index < -0.39 is 0 Å². The van der Waals surface area contributed by atoms with Crippen LogP contribution in [0, 0.1) is 11.3 Å². The summed E-state index contributed by atoms with van der Waals surface area (Å²) in [6.07, 6.45) is 4.24. The number of carbonyl (C=O) groups is 1. The largest absolute Gasteiger partial charge is 0.295 e. The van der Waals surface area contributed by atoms with Gasteiger partial charge >= 0.3 is 0 Å². The van der Waals surface area contributed by atoms with Gasteiger partial charge in [-0.1, -0.05) is 19.4 Å². The fourth-order valence-electron chi connectivity index (χ4n) is 3.16. The lowest BCUT2D eigenvalue weighted by atomic mass is 9.72. The Morgan fingerprint density at radius 3 is 2.69 bits per heavy atom. The molecule has 0 amide bonds. The van der Waals surface area contributed by atoms with Crippen molar-refractivity contribution in [1.29, 1.82) is 0 Å². The van der Waals surface area contributed by atoms with Crippen molar-refractivity contribution >= 4 is 5.78 Å². The summed E-state index contributed by atoms with van der Waals surface area (Å²) in [5.74, 6) is 0.994. The van der Waals surface area contributed by atoms with E-state index in [1.807, 2.05) is 0 Å². The summed E-state index contributed by atoms with van der Waals surface area (Å²) in [7, 11) is 0. The highest BCUT2D eigenvalue weighted by atomic mass is 16.1. The molecule has 0 spiro atoms. The Bertz CT molecular complexity index is 283. The van der Waals surface area contributed by atoms with Crippen LogP contribution in [0.1, 0.15) is 46.5 Å². The molecule has 0 N–H and O–H groups in total. The molecular formula is C12H18O. The number of Topliss-reactive ketones (excluding diaryl/α,β-unsaturated/α-hetero) is 1. The molecule has 2 aliphatic carbocycles. The monoisotopic (exact) mass is 178 g/mol. The van der Waals surface area contributed by atoms with Crippen molar-refractivity contribution in [2.24, 2.45) is 11.3 Å². The summed E-state index contributed by atoms with van der Waals surface area (Å²) in [5.41, 5.74) is 2.89. The Kier molecular flexibility index (Phi) is 1.86. The van der Waals surface area contributed by atoms with Crippen LogP contribution in [0.3, 0.4) is 0 Å². The molecule has 0 aromatic heterocycles. The summed E-state index contributed by atoms with van der Waals surface area (Å²) in [4.78, 5) is 11.7. The first-order valence-corrected chi connectivity index (χ1v) is 5.25. The highest BCUT2D eigenvalue weighted by molar-refractivity contribution is 5.98. The molecule has 0 bridgehead atoms. The molecule has 1 saturated carbocycles. The molecule has 0 aromatic rings. The summed E-state index contributed by atoms with van der Waals surface area (Å²) in [5, 5.41) is 0. The normalized spacial score (nSPS) is 32.2. The molecule has 1 fully saturated rings. The Labute approximate surface area is 80.2 Å². The predicted molar refractivity (Wildman–Crippen MR) is 53.4 cm³/mol. The van der Waals surface area contributed by atoms with Gasteiger partial charge in [0.05, 0.1) is 0 Å². The van der Waals surface area contributed by atoms with Crippen LogP contribution in [0.2, 0.25) is 0 Å². The van der Waals surface area contributed by atoms with Gasteiger partial charge in [0.2, 0.25) is 0 Å². The zero-order valence-electron chi connectivity index (χ0n) is 8.81. The second-order valence-corrected chi connectivity index (χ2v) is 5.23. The first-order valence-electron chi connectivity index (χ1n) is 5.25. The topological polar surface area (TPSA) is 17.1 Å². The maximum absolute atomic E-state index is 11.7. The van der Waals surface area contributed by atoms with E-state index in [-0.39, 0.29) is 0 Å². The van der Waals surface area contributed by atoms with Crippen molar-refractivity contribution in [3.8, 4) is 0 Å². The molecule has 0 saturated heterocycles. The van der Waals surface area contributed by atoms with Gasteiger partial charge in [-0.25, -0.2) is 0 Å². The number of carbonyl (C=O) groups excluding carboxylic acids is 1. The zero-order valence-corrected chi connectivity index (χ0v) is 8.81. The average molecular weight is 178 g/mol. The molecule has 0 aromatic carbocycles. The molecular weight excluding hydrogens is 160 g/mol. The van der Waals surface area contributed by atoms with Gasteiger partial charge in [0.25, 0.3) is 0 Å². The van der Waals surface area contributed by atoms with Crippen LogP contribution in [0.5, 0.6) is 0 Å². The van der Waals surface area contributed by atoms with Crippen LogP contribution in [-0.2, 0) is 4.79 Å². The summed E-state index contributed by atoms with van der Waals surface area (Å²) >= 11 is 0. The van der Waals surface area contributed by atoms with Crippen LogP contribution in [0.25, 0.3) is 0 Å². The third-order valence-electron chi connectivity index (χ3n) is 3.67. The lowest BCUT2D eigenvalue weighted by Gasteiger charge is -2.31. The molecule has 72 valence electrons. The minimum absolute atomic E-state index is 0.343. The molecule has 1 heteroatoms. The molecule has 13 heavy (non-hydrogen) atoms. The van der Waals surface area contributed by atoms with Gasteiger partial charge in [-0.2, -0.15) is 0 Å².